The number of hydrogen-bond acceptors (Lipinski definition) is 3. The van der Waals surface area contributed by atoms with E-state index in [1.54, 1.807) is 16.2 Å². The Kier molecular flexibility index (Phi) is 6.78. The maximum Gasteiger partial charge on any atom is 0.242 e. The van der Waals surface area contributed by atoms with Gasteiger partial charge in [-0.2, -0.15) is 0 Å². The summed E-state index contributed by atoms with van der Waals surface area (Å²) in [5.41, 5.74) is 3.59. The third kappa shape index (κ3) is 4.72. The van der Waals surface area contributed by atoms with E-state index < -0.39 is 0 Å². The highest BCUT2D eigenvalue weighted by molar-refractivity contribution is 7.10. The first-order valence-electron chi connectivity index (χ1n) is 10.5. The smallest absolute Gasteiger partial charge is 0.242 e. The topological polar surface area (TPSA) is 40.6 Å². The van der Waals surface area contributed by atoms with Gasteiger partial charge >= 0.3 is 0 Å². The van der Waals surface area contributed by atoms with E-state index in [0.29, 0.717) is 19.0 Å². The zero-order valence-electron chi connectivity index (χ0n) is 18.1. The third-order valence-corrected chi connectivity index (χ3v) is 6.48. The molecule has 1 aliphatic heterocycles. The predicted octanol–water partition coefficient (Wildman–Crippen LogP) is 4.67. The Morgan fingerprint density at radius 3 is 2.52 bits per heavy atom. The fourth-order valence-electron chi connectivity index (χ4n) is 4.11. The molecule has 0 saturated carbocycles. The van der Waals surface area contributed by atoms with E-state index in [2.05, 4.69) is 44.4 Å². The van der Waals surface area contributed by atoms with Crippen molar-refractivity contribution in [2.24, 2.45) is 11.8 Å². The monoisotopic (exact) mass is 412 g/mol. The van der Waals surface area contributed by atoms with Crippen LogP contribution in [0, 0.1) is 18.8 Å². The van der Waals surface area contributed by atoms with Gasteiger partial charge in [-0.1, -0.05) is 52.0 Å². The summed E-state index contributed by atoms with van der Waals surface area (Å²) in [5, 5.41) is 2.12. The minimum absolute atomic E-state index is 0.0322. The first-order valence-corrected chi connectivity index (χ1v) is 11.4. The van der Waals surface area contributed by atoms with Crippen LogP contribution < -0.4 is 0 Å². The maximum absolute atomic E-state index is 13.5. The third-order valence-electron chi connectivity index (χ3n) is 5.49. The van der Waals surface area contributed by atoms with Crippen molar-refractivity contribution < 1.29 is 9.59 Å². The number of nitrogens with zero attached hydrogens (tertiary/aromatic N) is 2. The lowest BCUT2D eigenvalue weighted by Crippen LogP contribution is -2.48. The van der Waals surface area contributed by atoms with Gasteiger partial charge < -0.3 is 9.80 Å². The van der Waals surface area contributed by atoms with Crippen LogP contribution >= 0.6 is 11.3 Å². The first-order chi connectivity index (χ1) is 13.8. The average molecular weight is 413 g/mol. The number of benzene rings is 1. The summed E-state index contributed by atoms with van der Waals surface area (Å²) in [6, 6.07) is 10.4. The SMILES string of the molecule is Cc1ccccc1[C@@H]1c2ccsc2CCN1C(=O)CN(CC(C)C)C(=O)C(C)C. The lowest BCUT2D eigenvalue weighted by Gasteiger charge is -2.38. The van der Waals surface area contributed by atoms with Gasteiger partial charge in [0.25, 0.3) is 0 Å². The molecule has 0 fully saturated rings. The van der Waals surface area contributed by atoms with Crippen molar-refractivity contribution in [3.8, 4) is 0 Å². The van der Waals surface area contributed by atoms with Crippen LogP contribution in [0.2, 0.25) is 0 Å². The number of carbonyl (C=O) groups excluding carboxylic acids is 2. The van der Waals surface area contributed by atoms with Gasteiger partial charge in [0, 0.05) is 23.9 Å². The molecule has 1 atom stereocenters. The second-order valence-corrected chi connectivity index (χ2v) is 9.66. The molecule has 0 bridgehead atoms. The van der Waals surface area contributed by atoms with Crippen LogP contribution in [0.4, 0.5) is 0 Å². The summed E-state index contributed by atoms with van der Waals surface area (Å²) in [6.45, 7) is 11.5. The Balaban J connectivity index is 1.92. The van der Waals surface area contributed by atoms with Gasteiger partial charge in [-0.3, -0.25) is 9.59 Å². The van der Waals surface area contributed by atoms with E-state index in [4.69, 9.17) is 0 Å². The minimum Gasteiger partial charge on any atom is -0.333 e. The van der Waals surface area contributed by atoms with Gasteiger partial charge in [0.15, 0.2) is 0 Å². The standard InChI is InChI=1S/C24H32N2O2S/c1-16(2)14-25(24(28)17(3)4)15-22(27)26-12-10-21-20(11-13-29-21)23(26)19-9-7-6-8-18(19)5/h6-9,11,13,16-17,23H,10,12,14-15H2,1-5H3/t23-/m1/s1. The minimum atomic E-state index is -0.112. The maximum atomic E-state index is 13.5. The molecule has 0 aliphatic carbocycles. The van der Waals surface area contributed by atoms with Crippen molar-refractivity contribution in [2.45, 2.75) is 47.1 Å². The highest BCUT2D eigenvalue weighted by atomic mass is 32.1. The molecule has 0 spiro atoms. The van der Waals surface area contributed by atoms with E-state index >= 15 is 0 Å². The molecule has 1 aliphatic rings. The molecule has 3 rings (SSSR count). The van der Waals surface area contributed by atoms with Crippen LogP contribution in [0.5, 0.6) is 0 Å². The molecular formula is C24H32N2O2S. The summed E-state index contributed by atoms with van der Waals surface area (Å²) in [7, 11) is 0. The van der Waals surface area contributed by atoms with Crippen molar-refractivity contribution in [3.05, 3.63) is 57.3 Å². The van der Waals surface area contributed by atoms with E-state index in [1.807, 2.05) is 30.9 Å². The number of fused-ring (bicyclic) bond motifs is 1. The number of aryl methyl sites for hydroxylation is 1. The van der Waals surface area contributed by atoms with Crippen LogP contribution in [0.25, 0.3) is 0 Å². The number of amides is 2. The van der Waals surface area contributed by atoms with Crippen molar-refractivity contribution in [2.75, 3.05) is 19.6 Å². The largest absolute Gasteiger partial charge is 0.333 e. The van der Waals surface area contributed by atoms with Crippen molar-refractivity contribution in [1.29, 1.82) is 0 Å². The molecule has 29 heavy (non-hydrogen) atoms. The summed E-state index contributed by atoms with van der Waals surface area (Å²) in [4.78, 5) is 31.3. The fraction of sp³-hybridized carbons (Fsp3) is 0.500. The normalized spacial score (nSPS) is 16.2. The molecule has 2 amide bonds. The molecule has 0 radical (unpaired) electrons. The number of thiophene rings is 1. The van der Waals surface area contributed by atoms with Crippen molar-refractivity contribution in [1.82, 2.24) is 9.80 Å². The Hall–Kier alpha value is -2.14. The molecule has 2 aromatic rings. The van der Waals surface area contributed by atoms with Crippen molar-refractivity contribution in [3.63, 3.8) is 0 Å². The van der Waals surface area contributed by atoms with E-state index in [0.717, 1.165) is 6.42 Å². The quantitative estimate of drug-likeness (QED) is 0.692. The van der Waals surface area contributed by atoms with Gasteiger partial charge in [0.2, 0.25) is 11.8 Å². The Morgan fingerprint density at radius 1 is 1.14 bits per heavy atom. The fourth-order valence-corrected chi connectivity index (χ4v) is 5.01. The van der Waals surface area contributed by atoms with Crippen molar-refractivity contribution >= 4 is 23.2 Å². The summed E-state index contributed by atoms with van der Waals surface area (Å²) < 4.78 is 0. The molecule has 2 heterocycles. The molecule has 0 N–H and O–H groups in total. The molecule has 156 valence electrons. The van der Waals surface area contributed by atoms with E-state index in [1.165, 1.54) is 21.6 Å². The summed E-state index contributed by atoms with van der Waals surface area (Å²) >= 11 is 1.77. The second kappa shape index (κ2) is 9.12. The highest BCUT2D eigenvalue weighted by Gasteiger charge is 2.34. The second-order valence-electron chi connectivity index (χ2n) is 8.66. The van der Waals surface area contributed by atoms with Gasteiger partial charge in [-0.05, 0) is 47.4 Å². The molecule has 5 heteroatoms. The zero-order valence-corrected chi connectivity index (χ0v) is 19.0. The van der Waals surface area contributed by atoms with Crippen LogP contribution in [0.1, 0.15) is 55.3 Å². The predicted molar refractivity (Wildman–Crippen MR) is 119 cm³/mol. The van der Waals surface area contributed by atoms with Gasteiger partial charge in [0.1, 0.15) is 0 Å². The van der Waals surface area contributed by atoms with Crippen LogP contribution in [-0.4, -0.2) is 41.2 Å². The molecule has 1 aromatic carbocycles. The molecule has 1 aromatic heterocycles. The van der Waals surface area contributed by atoms with Gasteiger partial charge in [0.05, 0.1) is 12.6 Å². The zero-order chi connectivity index (χ0) is 21.1. The number of carbonyl (C=O) groups is 2. The molecule has 0 unspecified atom stereocenters. The lowest BCUT2D eigenvalue weighted by atomic mass is 9.90. The van der Waals surface area contributed by atoms with Gasteiger partial charge in [-0.25, -0.2) is 0 Å². The van der Waals surface area contributed by atoms with Crippen LogP contribution in [0.15, 0.2) is 35.7 Å². The number of hydrogen-bond donors (Lipinski definition) is 0. The molecule has 0 saturated heterocycles. The summed E-state index contributed by atoms with van der Waals surface area (Å²) in [5.74, 6) is 0.290. The number of rotatable bonds is 6. The Bertz CT molecular complexity index is 871. The van der Waals surface area contributed by atoms with Crippen LogP contribution in [-0.2, 0) is 16.0 Å². The lowest BCUT2D eigenvalue weighted by molar-refractivity contribution is -0.143. The highest BCUT2D eigenvalue weighted by Crippen LogP contribution is 2.39. The van der Waals surface area contributed by atoms with Gasteiger partial charge in [-0.15, -0.1) is 11.3 Å². The first kappa shape index (κ1) is 21.6. The Morgan fingerprint density at radius 2 is 1.86 bits per heavy atom. The molecule has 4 nitrogen and oxygen atoms in total. The van der Waals surface area contributed by atoms with E-state index in [9.17, 15) is 9.59 Å². The van der Waals surface area contributed by atoms with E-state index in [-0.39, 0.29) is 30.3 Å². The Labute approximate surface area is 178 Å². The average Bonchev–Trinajstić information content (AvgIpc) is 3.15. The summed E-state index contributed by atoms with van der Waals surface area (Å²) in [6.07, 6.45) is 0.878. The molecular weight excluding hydrogens is 380 g/mol. The van der Waals surface area contributed by atoms with Crippen LogP contribution in [0.3, 0.4) is 0 Å².